The molecule has 0 spiro atoms. The maximum Gasteiger partial charge on any atom is 0.193 e. The third-order valence-corrected chi connectivity index (χ3v) is 3.52. The van der Waals surface area contributed by atoms with Crippen molar-refractivity contribution in [1.82, 2.24) is 0 Å². The molecular formula is C11H12O4S. The van der Waals surface area contributed by atoms with Gasteiger partial charge in [-0.3, -0.25) is 0 Å². The quantitative estimate of drug-likeness (QED) is 0.740. The van der Waals surface area contributed by atoms with Crippen LogP contribution in [-0.4, -0.2) is 28.4 Å². The first-order valence-electron chi connectivity index (χ1n) is 4.43. The van der Waals surface area contributed by atoms with Gasteiger partial charge in [0.05, 0.1) is 14.2 Å². The average molecular weight is 240 g/mol. The van der Waals surface area contributed by atoms with Crippen molar-refractivity contribution in [2.75, 3.05) is 20.0 Å². The lowest BCUT2D eigenvalue weighted by molar-refractivity contribution is 0.392. The van der Waals surface area contributed by atoms with E-state index in [0.717, 1.165) is 0 Å². The number of sulfone groups is 1. The van der Waals surface area contributed by atoms with Gasteiger partial charge < -0.3 is 9.47 Å². The Bertz CT molecular complexity index is 511. The van der Waals surface area contributed by atoms with Crippen LogP contribution in [0.15, 0.2) is 23.1 Å². The van der Waals surface area contributed by atoms with Crippen LogP contribution in [0.1, 0.15) is 0 Å². The smallest absolute Gasteiger partial charge is 0.193 e. The summed E-state index contributed by atoms with van der Waals surface area (Å²) in [5.41, 5.74) is 0. The van der Waals surface area contributed by atoms with Gasteiger partial charge in [-0.1, -0.05) is 5.92 Å². The lowest BCUT2D eigenvalue weighted by Crippen LogP contribution is -2.07. The van der Waals surface area contributed by atoms with Crippen molar-refractivity contribution >= 4 is 9.84 Å². The highest BCUT2D eigenvalue weighted by Crippen LogP contribution is 2.28. The molecule has 0 aliphatic heterocycles. The molecule has 1 aromatic rings. The van der Waals surface area contributed by atoms with Crippen molar-refractivity contribution in [2.45, 2.75) is 4.90 Å². The molecule has 0 amide bonds. The molecule has 0 N–H and O–H groups in total. The highest BCUT2D eigenvalue weighted by Gasteiger charge is 2.19. The lowest BCUT2D eigenvalue weighted by Gasteiger charge is -2.09. The molecule has 0 aliphatic carbocycles. The highest BCUT2D eigenvalue weighted by atomic mass is 32.2. The summed E-state index contributed by atoms with van der Waals surface area (Å²) in [4.78, 5) is 0.0484. The predicted molar refractivity (Wildman–Crippen MR) is 60.4 cm³/mol. The summed E-state index contributed by atoms with van der Waals surface area (Å²) in [6.07, 6.45) is 5.01. The molecule has 16 heavy (non-hydrogen) atoms. The third-order valence-electron chi connectivity index (χ3n) is 1.98. The minimum atomic E-state index is -3.53. The van der Waals surface area contributed by atoms with Crippen molar-refractivity contribution < 1.29 is 17.9 Å². The van der Waals surface area contributed by atoms with Gasteiger partial charge in [-0.05, 0) is 12.1 Å². The van der Waals surface area contributed by atoms with Gasteiger partial charge in [-0.2, -0.15) is 0 Å². The summed E-state index contributed by atoms with van der Waals surface area (Å²) >= 11 is 0. The molecule has 0 aliphatic rings. The van der Waals surface area contributed by atoms with Crippen LogP contribution in [0.25, 0.3) is 0 Å². The maximum atomic E-state index is 11.8. The summed E-state index contributed by atoms with van der Waals surface area (Å²) in [7, 11) is -0.670. The number of rotatable bonds is 4. The molecule has 0 saturated heterocycles. The summed E-state index contributed by atoms with van der Waals surface area (Å²) in [6.45, 7) is 0. The van der Waals surface area contributed by atoms with Crippen molar-refractivity contribution in [3.63, 3.8) is 0 Å². The van der Waals surface area contributed by atoms with E-state index in [1.807, 2.05) is 0 Å². The van der Waals surface area contributed by atoms with Crippen LogP contribution < -0.4 is 9.47 Å². The van der Waals surface area contributed by atoms with Crippen LogP contribution in [0.2, 0.25) is 0 Å². The molecule has 0 aromatic heterocycles. The highest BCUT2D eigenvalue weighted by molar-refractivity contribution is 7.91. The number of hydrogen-bond donors (Lipinski definition) is 0. The van der Waals surface area contributed by atoms with Crippen molar-refractivity contribution in [1.29, 1.82) is 0 Å². The number of hydrogen-bond acceptors (Lipinski definition) is 4. The van der Waals surface area contributed by atoms with Crippen LogP contribution in [0.5, 0.6) is 11.5 Å². The van der Waals surface area contributed by atoms with E-state index in [0.29, 0.717) is 5.75 Å². The van der Waals surface area contributed by atoms with Gasteiger partial charge in [-0.25, -0.2) is 8.42 Å². The van der Waals surface area contributed by atoms with E-state index in [-0.39, 0.29) is 16.4 Å². The van der Waals surface area contributed by atoms with E-state index in [1.165, 1.54) is 26.4 Å². The second-order valence-electron chi connectivity index (χ2n) is 2.98. The summed E-state index contributed by atoms with van der Waals surface area (Å²) in [5.74, 6) is 2.45. The number of benzene rings is 1. The topological polar surface area (TPSA) is 52.6 Å². The van der Waals surface area contributed by atoms with E-state index >= 15 is 0 Å². The fourth-order valence-electron chi connectivity index (χ4n) is 1.21. The van der Waals surface area contributed by atoms with Crippen LogP contribution in [0.4, 0.5) is 0 Å². The Morgan fingerprint density at radius 2 is 2.00 bits per heavy atom. The summed E-state index contributed by atoms with van der Waals surface area (Å²) in [5, 5.41) is 0. The van der Waals surface area contributed by atoms with Crippen LogP contribution in [0.3, 0.4) is 0 Å². The Labute approximate surface area is 95.1 Å². The third kappa shape index (κ3) is 2.47. The van der Waals surface area contributed by atoms with E-state index < -0.39 is 9.84 Å². The molecule has 0 atom stereocenters. The van der Waals surface area contributed by atoms with E-state index in [1.54, 1.807) is 6.07 Å². The fraction of sp³-hybridized carbons (Fsp3) is 0.273. The number of methoxy groups -OCH3 is 2. The first-order chi connectivity index (χ1) is 7.55. The van der Waals surface area contributed by atoms with E-state index in [2.05, 4.69) is 5.92 Å². The molecule has 4 nitrogen and oxygen atoms in total. The summed E-state index contributed by atoms with van der Waals surface area (Å²) in [6, 6.07) is 4.54. The normalized spacial score (nSPS) is 10.6. The maximum absolute atomic E-state index is 11.8. The first-order valence-corrected chi connectivity index (χ1v) is 6.08. The SMILES string of the molecule is C#CCS(=O)(=O)c1cc(OC)ccc1OC. The number of terminal acetylenes is 1. The molecule has 0 saturated carbocycles. The fourth-order valence-corrected chi connectivity index (χ4v) is 2.34. The lowest BCUT2D eigenvalue weighted by atomic mass is 10.3. The summed E-state index contributed by atoms with van der Waals surface area (Å²) < 4.78 is 33.5. The Hall–Kier alpha value is -1.67. The Morgan fingerprint density at radius 1 is 1.31 bits per heavy atom. The van der Waals surface area contributed by atoms with Gasteiger partial charge in [0.15, 0.2) is 9.84 Å². The van der Waals surface area contributed by atoms with Crippen molar-refractivity contribution in [3.8, 4) is 23.8 Å². The molecular weight excluding hydrogens is 228 g/mol. The zero-order valence-corrected chi connectivity index (χ0v) is 9.87. The zero-order chi connectivity index (χ0) is 12.2. The molecule has 5 heteroatoms. The van der Waals surface area contributed by atoms with Crippen LogP contribution in [-0.2, 0) is 9.84 Å². The predicted octanol–water partition coefficient (Wildman–Crippen LogP) is 1.11. The molecule has 0 heterocycles. The van der Waals surface area contributed by atoms with Gasteiger partial charge in [-0.15, -0.1) is 6.42 Å². The van der Waals surface area contributed by atoms with Crippen LogP contribution >= 0.6 is 0 Å². The Kier molecular flexibility index (Phi) is 3.80. The van der Waals surface area contributed by atoms with Gasteiger partial charge >= 0.3 is 0 Å². The Morgan fingerprint density at radius 3 is 2.50 bits per heavy atom. The molecule has 0 radical (unpaired) electrons. The molecule has 0 bridgehead atoms. The molecule has 1 rings (SSSR count). The van der Waals surface area contributed by atoms with Gasteiger partial charge in [0.1, 0.15) is 22.1 Å². The van der Waals surface area contributed by atoms with E-state index in [4.69, 9.17) is 15.9 Å². The van der Waals surface area contributed by atoms with Crippen molar-refractivity contribution in [2.24, 2.45) is 0 Å². The largest absolute Gasteiger partial charge is 0.497 e. The van der Waals surface area contributed by atoms with Gasteiger partial charge in [0, 0.05) is 6.07 Å². The van der Waals surface area contributed by atoms with Gasteiger partial charge in [0.2, 0.25) is 0 Å². The second kappa shape index (κ2) is 4.90. The van der Waals surface area contributed by atoms with Crippen molar-refractivity contribution in [3.05, 3.63) is 18.2 Å². The van der Waals surface area contributed by atoms with E-state index in [9.17, 15) is 8.42 Å². The number of ether oxygens (including phenoxy) is 2. The Balaban J connectivity index is 3.36. The van der Waals surface area contributed by atoms with Crippen LogP contribution in [0, 0.1) is 12.3 Å². The first kappa shape index (κ1) is 12.4. The van der Waals surface area contributed by atoms with Gasteiger partial charge in [0.25, 0.3) is 0 Å². The average Bonchev–Trinajstić information content (AvgIpc) is 2.28. The molecule has 0 fully saturated rings. The molecule has 86 valence electrons. The molecule has 1 aromatic carbocycles. The molecule has 0 unspecified atom stereocenters. The zero-order valence-electron chi connectivity index (χ0n) is 9.06. The minimum absolute atomic E-state index is 0.0484. The standard InChI is InChI=1S/C11H12O4S/c1-4-7-16(12,13)11-8-9(14-2)5-6-10(11)15-3/h1,5-6,8H,7H2,2-3H3. The monoisotopic (exact) mass is 240 g/mol. The second-order valence-corrected chi connectivity index (χ2v) is 4.94. The minimum Gasteiger partial charge on any atom is -0.497 e.